The van der Waals surface area contributed by atoms with E-state index in [4.69, 9.17) is 8.86 Å². The maximum absolute atomic E-state index is 6.39. The van der Waals surface area contributed by atoms with Crippen LogP contribution in [-0.4, -0.2) is 4.16 Å². The van der Waals surface area contributed by atoms with Crippen LogP contribution < -0.4 is 24.8 Å². The number of fused-ring (bicyclic) bond motifs is 4. The van der Waals surface area contributed by atoms with Crippen LogP contribution >= 0.6 is 36.5 Å². The molecule has 0 N–H and O–H groups in total. The van der Waals surface area contributed by atoms with Crippen LogP contribution in [0.1, 0.15) is 21.7 Å². The molecule has 5 rings (SSSR count). The third kappa shape index (κ3) is 3.49. The van der Waals surface area contributed by atoms with Crippen LogP contribution in [0.5, 0.6) is 0 Å². The normalized spacial score (nSPS) is 19.1. The number of thioether (sulfide) groups is 1. The molecule has 3 aliphatic rings. The zero-order valence-corrected chi connectivity index (χ0v) is 21.6. The van der Waals surface area contributed by atoms with Gasteiger partial charge in [0.15, 0.2) is 0 Å². The standard InChI is InChI=1S/C13H9.C8H6BrS.2ClH.S.Zr/c1-3-7-12-10(5-1)9-11-6-2-4-8-13(11)12;1-5-2-6-4-8(9)10-7(6)3-5;;;;/h1-9H;2-3,8H,1H3;2*1H;;/q;;;;;+2/p-2. The molecule has 2 aromatic rings. The number of benzene rings is 2. The smallest absolute Gasteiger partial charge is 1.00 e. The largest absolute Gasteiger partial charge is 1.00 e. The minimum atomic E-state index is -2.33. The predicted octanol–water partition coefficient (Wildman–Crippen LogP) is 1.06. The maximum Gasteiger partial charge on any atom is -1.00 e. The maximum atomic E-state index is 6.39. The van der Waals surface area contributed by atoms with Crippen LogP contribution in [0.4, 0.5) is 0 Å². The molecule has 0 radical (unpaired) electrons. The van der Waals surface area contributed by atoms with Gasteiger partial charge in [0.1, 0.15) is 0 Å². The van der Waals surface area contributed by atoms with Gasteiger partial charge in [-0.1, -0.05) is 0 Å². The van der Waals surface area contributed by atoms with Gasteiger partial charge in [-0.2, -0.15) is 0 Å². The fourth-order valence-electron chi connectivity index (χ4n) is 4.06. The summed E-state index contributed by atoms with van der Waals surface area (Å²) >= 11 is 3.53. The van der Waals surface area contributed by atoms with Crippen LogP contribution in [0.3, 0.4) is 0 Å². The van der Waals surface area contributed by atoms with Gasteiger partial charge in [0, 0.05) is 0 Å². The second-order valence-electron chi connectivity index (χ2n) is 6.63. The molecule has 2 aromatic carbocycles. The minimum absolute atomic E-state index is 0. The topological polar surface area (TPSA) is 0 Å². The van der Waals surface area contributed by atoms with Crippen molar-refractivity contribution in [3.63, 3.8) is 0 Å². The van der Waals surface area contributed by atoms with Gasteiger partial charge >= 0.3 is 173 Å². The summed E-state index contributed by atoms with van der Waals surface area (Å²) < 4.78 is 2.37. The average Bonchev–Trinajstić information content (AvgIpc) is 3.21. The summed E-state index contributed by atoms with van der Waals surface area (Å²) in [6, 6.07) is 17.8. The van der Waals surface area contributed by atoms with Gasteiger partial charge < -0.3 is 24.8 Å². The van der Waals surface area contributed by atoms with Crippen molar-refractivity contribution in [2.24, 2.45) is 0 Å². The summed E-state index contributed by atoms with van der Waals surface area (Å²) in [5, 5.41) is 0. The summed E-state index contributed by atoms with van der Waals surface area (Å²) in [5.74, 6) is 0. The minimum Gasteiger partial charge on any atom is -1.00 e. The molecule has 0 saturated carbocycles. The molecular weight excluding hydrogens is 558 g/mol. The van der Waals surface area contributed by atoms with Crippen molar-refractivity contribution in [1.29, 1.82) is 0 Å². The van der Waals surface area contributed by atoms with Crippen molar-refractivity contribution in [3.8, 4) is 11.1 Å². The Morgan fingerprint density at radius 3 is 2.07 bits per heavy atom. The van der Waals surface area contributed by atoms with E-state index < -0.39 is 19.7 Å². The van der Waals surface area contributed by atoms with Gasteiger partial charge in [0.2, 0.25) is 0 Å². The van der Waals surface area contributed by atoms with E-state index in [-0.39, 0.29) is 24.8 Å². The van der Waals surface area contributed by atoms with Crippen molar-refractivity contribution in [1.82, 2.24) is 0 Å². The summed E-state index contributed by atoms with van der Waals surface area (Å²) in [4.78, 5) is 1.41. The summed E-state index contributed by atoms with van der Waals surface area (Å²) in [6.07, 6.45) is 4.65. The van der Waals surface area contributed by atoms with Crippen molar-refractivity contribution in [2.45, 2.75) is 14.7 Å². The molecule has 0 bridgehead atoms. The van der Waals surface area contributed by atoms with E-state index in [0.29, 0.717) is 7.79 Å². The number of halogens is 3. The zero-order valence-electron chi connectivity index (χ0n) is 14.4. The SMILES string of the molecule is CC1=CC2=[C]([Zr+2](=[S])[CH]3c4ccccc4-c4ccccc43)C(Br)SC2=C1.[Cl-].[Cl-]. The van der Waals surface area contributed by atoms with Gasteiger partial charge in [-0.05, 0) is 0 Å². The second-order valence-corrected chi connectivity index (χ2v) is 16.4. The Morgan fingerprint density at radius 2 is 1.48 bits per heavy atom. The van der Waals surface area contributed by atoms with Gasteiger partial charge in [0.05, 0.1) is 0 Å². The third-order valence-corrected chi connectivity index (χ3v) is 16.9. The molecule has 0 fully saturated rings. The summed E-state index contributed by atoms with van der Waals surface area (Å²) in [5.41, 5.74) is 8.50. The van der Waals surface area contributed by atoms with E-state index >= 15 is 0 Å². The van der Waals surface area contributed by atoms with Crippen molar-refractivity contribution in [2.75, 3.05) is 0 Å². The Balaban J connectivity index is 0.00000105. The Morgan fingerprint density at radius 1 is 0.926 bits per heavy atom. The van der Waals surface area contributed by atoms with E-state index in [9.17, 15) is 0 Å². The molecule has 0 spiro atoms. The van der Waals surface area contributed by atoms with E-state index in [2.05, 4.69) is 83.5 Å². The number of alkyl halides is 1. The molecule has 0 aromatic heterocycles. The molecular formula is C21H15BrCl2S2Zr. The molecule has 136 valence electrons. The monoisotopic (exact) mass is 570 g/mol. The first kappa shape index (κ1) is 21.9. The van der Waals surface area contributed by atoms with Crippen molar-refractivity contribution >= 4 is 36.5 Å². The van der Waals surface area contributed by atoms with E-state index in [1.807, 2.05) is 11.8 Å². The molecule has 1 unspecified atom stereocenters. The molecule has 1 atom stereocenters. The van der Waals surface area contributed by atoms with Crippen molar-refractivity contribution in [3.05, 3.63) is 91.1 Å². The molecule has 1 heterocycles. The van der Waals surface area contributed by atoms with Crippen LogP contribution in [-0.2, 0) is 19.7 Å². The fourth-order valence-corrected chi connectivity index (χ4v) is 18.1. The fraction of sp³-hybridized carbons (Fsp3) is 0.143. The van der Waals surface area contributed by atoms with Crippen LogP contribution in [0, 0.1) is 0 Å². The van der Waals surface area contributed by atoms with Gasteiger partial charge in [0.25, 0.3) is 0 Å². The number of allylic oxidation sites excluding steroid dienone is 4. The zero-order chi connectivity index (χ0) is 17.1. The first-order valence-corrected chi connectivity index (χ1v) is 16.2. The number of hydrogen-bond acceptors (Lipinski definition) is 2. The summed E-state index contributed by atoms with van der Waals surface area (Å²) in [7, 11) is 6.39. The Hall–Kier alpha value is 0.173. The second kappa shape index (κ2) is 8.50. The first-order chi connectivity index (χ1) is 12.1. The molecule has 0 nitrogen and oxygen atoms in total. The quantitative estimate of drug-likeness (QED) is 0.494. The van der Waals surface area contributed by atoms with E-state index in [1.165, 1.54) is 38.3 Å². The molecule has 27 heavy (non-hydrogen) atoms. The number of rotatable bonds is 2. The first-order valence-electron chi connectivity index (χ1n) is 8.33. The van der Waals surface area contributed by atoms with Crippen LogP contribution in [0.15, 0.2) is 80.0 Å². The Labute approximate surface area is 196 Å². The Kier molecular flexibility index (Phi) is 6.89. The van der Waals surface area contributed by atoms with E-state index in [1.54, 1.807) is 3.28 Å². The van der Waals surface area contributed by atoms with E-state index in [0.717, 1.165) is 0 Å². The van der Waals surface area contributed by atoms with Gasteiger partial charge in [-0.25, -0.2) is 0 Å². The van der Waals surface area contributed by atoms with Gasteiger partial charge in [-0.15, -0.1) is 0 Å². The molecule has 1 aliphatic heterocycles. The van der Waals surface area contributed by atoms with Gasteiger partial charge in [-0.3, -0.25) is 0 Å². The summed E-state index contributed by atoms with van der Waals surface area (Å²) in [6.45, 7) is 2.19. The predicted molar refractivity (Wildman–Crippen MR) is 110 cm³/mol. The van der Waals surface area contributed by atoms with Crippen molar-refractivity contribution < 1.29 is 44.5 Å². The molecule has 6 heteroatoms. The number of hydrogen-bond donors (Lipinski definition) is 0. The Bertz CT molecular complexity index is 996. The molecule has 0 amide bonds. The molecule has 0 saturated heterocycles. The van der Waals surface area contributed by atoms with Crippen LogP contribution in [0.25, 0.3) is 11.1 Å². The molecule has 2 aliphatic carbocycles. The third-order valence-electron chi connectivity index (χ3n) is 5.11. The average molecular weight is 574 g/mol. The van der Waals surface area contributed by atoms with Crippen LogP contribution in [0.2, 0.25) is 0 Å².